The minimum Gasteiger partial charge on any atom is -0.350 e. The van der Waals surface area contributed by atoms with Crippen LogP contribution in [0, 0.1) is 13.8 Å². The minimum absolute atomic E-state index is 0.0382. The molecule has 0 aliphatic carbocycles. The normalized spacial score (nSPS) is 17.5. The van der Waals surface area contributed by atoms with Gasteiger partial charge in [-0.2, -0.15) is 5.10 Å². The van der Waals surface area contributed by atoms with Gasteiger partial charge in [-0.05, 0) is 39.0 Å². The van der Waals surface area contributed by atoms with Crippen LogP contribution in [-0.2, 0) is 0 Å². The minimum atomic E-state index is -0.174. The van der Waals surface area contributed by atoms with E-state index in [1.165, 1.54) is 0 Å². The van der Waals surface area contributed by atoms with Crippen molar-refractivity contribution in [3.05, 3.63) is 47.0 Å². The average molecular weight is 367 g/mol. The number of rotatable bonds is 2. The maximum absolute atomic E-state index is 12.9. The zero-order valence-electron chi connectivity index (χ0n) is 15.5. The molecule has 1 N–H and O–H groups in total. The van der Waals surface area contributed by atoms with Crippen molar-refractivity contribution in [2.45, 2.75) is 26.8 Å². The lowest BCUT2D eigenvalue weighted by Crippen LogP contribution is -2.55. The summed E-state index contributed by atoms with van der Waals surface area (Å²) in [7, 11) is 0. The van der Waals surface area contributed by atoms with Gasteiger partial charge in [0.1, 0.15) is 0 Å². The Bertz CT molecular complexity index is 1020. The fourth-order valence-electron chi connectivity index (χ4n) is 3.45. The molecule has 0 unspecified atom stereocenters. The van der Waals surface area contributed by atoms with Crippen LogP contribution in [0.5, 0.6) is 0 Å². The van der Waals surface area contributed by atoms with Crippen molar-refractivity contribution >= 4 is 22.7 Å². The first kappa shape index (κ1) is 17.3. The summed E-state index contributed by atoms with van der Waals surface area (Å²) in [5.74, 6) is 0.0702. The summed E-state index contributed by atoms with van der Waals surface area (Å²) in [5, 5.41) is 11.6. The van der Waals surface area contributed by atoms with Crippen molar-refractivity contribution in [3.8, 4) is 0 Å². The summed E-state index contributed by atoms with van der Waals surface area (Å²) in [5.41, 5.74) is 3.00. The lowest BCUT2D eigenvalue weighted by atomic mass is 10.1. The van der Waals surface area contributed by atoms with Crippen LogP contribution < -0.4 is 0 Å². The second-order valence-electron chi connectivity index (χ2n) is 6.99. The molecule has 1 aromatic carbocycles. The molecule has 4 rings (SSSR count). The van der Waals surface area contributed by atoms with Crippen molar-refractivity contribution in [2.75, 3.05) is 19.6 Å². The number of piperazine rings is 1. The van der Waals surface area contributed by atoms with E-state index in [4.69, 9.17) is 4.52 Å². The van der Waals surface area contributed by atoms with E-state index in [2.05, 4.69) is 15.4 Å². The Morgan fingerprint density at radius 2 is 2.04 bits per heavy atom. The first-order valence-electron chi connectivity index (χ1n) is 8.92. The Morgan fingerprint density at radius 1 is 1.22 bits per heavy atom. The summed E-state index contributed by atoms with van der Waals surface area (Å²) in [6.07, 6.45) is 1.70. The average Bonchev–Trinajstić information content (AvgIpc) is 3.27. The standard InChI is InChI=1S/C19H21N5O3/c1-11-10-23(18(25)14-4-5-16-15(8-14)9-20-21-16)6-7-24(11)19(26)17-12(2)13(3)22-27-17/h4-5,8-9,11H,6-7,10H2,1-3H3,(H,20,21)/t11-/m0/s1. The van der Waals surface area contributed by atoms with Crippen LogP contribution in [0.3, 0.4) is 0 Å². The molecular weight excluding hydrogens is 346 g/mol. The van der Waals surface area contributed by atoms with E-state index in [0.717, 1.165) is 22.2 Å². The van der Waals surface area contributed by atoms with Crippen LogP contribution in [0.2, 0.25) is 0 Å². The summed E-state index contributed by atoms with van der Waals surface area (Å²) >= 11 is 0. The first-order valence-corrected chi connectivity index (χ1v) is 8.92. The number of fused-ring (bicyclic) bond motifs is 1. The van der Waals surface area contributed by atoms with Crippen molar-refractivity contribution in [3.63, 3.8) is 0 Å². The summed E-state index contributed by atoms with van der Waals surface area (Å²) in [4.78, 5) is 29.2. The van der Waals surface area contributed by atoms with Gasteiger partial charge in [0.15, 0.2) is 0 Å². The molecule has 1 saturated heterocycles. The summed E-state index contributed by atoms with van der Waals surface area (Å²) in [6, 6.07) is 5.38. The Kier molecular flexibility index (Phi) is 4.18. The predicted molar refractivity (Wildman–Crippen MR) is 98.5 cm³/mol. The topological polar surface area (TPSA) is 95.3 Å². The lowest BCUT2D eigenvalue weighted by molar-refractivity contribution is 0.0389. The highest BCUT2D eigenvalue weighted by Crippen LogP contribution is 2.20. The summed E-state index contributed by atoms with van der Waals surface area (Å²) < 4.78 is 5.20. The van der Waals surface area contributed by atoms with Crippen LogP contribution in [0.25, 0.3) is 10.9 Å². The number of carbonyl (C=O) groups excluding carboxylic acids is 2. The van der Waals surface area contributed by atoms with Crippen LogP contribution in [0.1, 0.15) is 39.1 Å². The van der Waals surface area contributed by atoms with Crippen molar-refractivity contribution < 1.29 is 14.1 Å². The number of H-pyrrole nitrogens is 1. The number of hydrogen-bond donors (Lipinski definition) is 1. The molecule has 8 nitrogen and oxygen atoms in total. The van der Waals surface area contributed by atoms with Gasteiger partial charge >= 0.3 is 0 Å². The Labute approximate surface area is 156 Å². The Balaban J connectivity index is 1.48. The molecule has 8 heteroatoms. The number of nitrogens with one attached hydrogen (secondary N) is 1. The van der Waals surface area contributed by atoms with Crippen LogP contribution in [-0.4, -0.2) is 62.6 Å². The molecule has 0 saturated carbocycles. The number of hydrogen-bond acceptors (Lipinski definition) is 5. The monoisotopic (exact) mass is 367 g/mol. The van der Waals surface area contributed by atoms with Gasteiger partial charge in [0.05, 0.1) is 17.4 Å². The molecule has 1 aliphatic rings. The van der Waals surface area contributed by atoms with E-state index < -0.39 is 0 Å². The number of aromatic nitrogens is 3. The third-order valence-electron chi connectivity index (χ3n) is 5.21. The molecule has 0 spiro atoms. The maximum atomic E-state index is 12.9. The number of aryl methyl sites for hydroxylation is 1. The predicted octanol–water partition coefficient (Wildman–Crippen LogP) is 2.15. The third-order valence-corrected chi connectivity index (χ3v) is 5.21. The van der Waals surface area contributed by atoms with E-state index >= 15 is 0 Å². The molecule has 0 radical (unpaired) electrons. The van der Waals surface area contributed by atoms with Gasteiger partial charge < -0.3 is 14.3 Å². The smallest absolute Gasteiger partial charge is 0.293 e. The number of nitrogens with zero attached hydrogens (tertiary/aromatic N) is 4. The molecule has 3 heterocycles. The Morgan fingerprint density at radius 3 is 2.74 bits per heavy atom. The second kappa shape index (κ2) is 6.53. The highest BCUT2D eigenvalue weighted by atomic mass is 16.5. The molecule has 2 aromatic heterocycles. The van der Waals surface area contributed by atoms with E-state index in [1.54, 1.807) is 22.1 Å². The number of amides is 2. The van der Waals surface area contributed by atoms with Crippen LogP contribution >= 0.6 is 0 Å². The molecule has 2 amide bonds. The number of benzene rings is 1. The second-order valence-corrected chi connectivity index (χ2v) is 6.99. The highest BCUT2D eigenvalue weighted by molar-refractivity contribution is 5.98. The lowest BCUT2D eigenvalue weighted by Gasteiger charge is -2.39. The largest absolute Gasteiger partial charge is 0.350 e. The third kappa shape index (κ3) is 2.97. The van der Waals surface area contributed by atoms with Crippen molar-refractivity contribution in [1.29, 1.82) is 0 Å². The zero-order valence-corrected chi connectivity index (χ0v) is 15.5. The van der Waals surface area contributed by atoms with Gasteiger partial charge in [0.2, 0.25) is 5.76 Å². The fraction of sp³-hybridized carbons (Fsp3) is 0.368. The zero-order chi connectivity index (χ0) is 19.1. The molecule has 3 aromatic rings. The molecular formula is C19H21N5O3. The van der Waals surface area contributed by atoms with Gasteiger partial charge in [0, 0.05) is 42.2 Å². The first-order chi connectivity index (χ1) is 13.0. The quantitative estimate of drug-likeness (QED) is 0.749. The van der Waals surface area contributed by atoms with E-state index in [-0.39, 0.29) is 23.6 Å². The maximum Gasteiger partial charge on any atom is 0.293 e. The molecule has 1 atom stereocenters. The Hall–Kier alpha value is -3.16. The van der Waals surface area contributed by atoms with Crippen molar-refractivity contribution in [1.82, 2.24) is 25.2 Å². The van der Waals surface area contributed by atoms with Gasteiger partial charge in [-0.3, -0.25) is 14.7 Å². The fourth-order valence-corrected chi connectivity index (χ4v) is 3.45. The molecule has 27 heavy (non-hydrogen) atoms. The van der Waals surface area contributed by atoms with Crippen molar-refractivity contribution in [2.24, 2.45) is 0 Å². The van der Waals surface area contributed by atoms with E-state index in [9.17, 15) is 9.59 Å². The number of carbonyl (C=O) groups is 2. The molecule has 0 bridgehead atoms. The van der Waals surface area contributed by atoms with Gasteiger partial charge in [-0.1, -0.05) is 5.16 Å². The molecule has 140 valence electrons. The van der Waals surface area contributed by atoms with E-state index in [0.29, 0.717) is 25.2 Å². The van der Waals surface area contributed by atoms with Crippen LogP contribution in [0.15, 0.2) is 28.9 Å². The number of aromatic amines is 1. The molecule has 1 aliphatic heterocycles. The van der Waals surface area contributed by atoms with Gasteiger partial charge in [-0.15, -0.1) is 0 Å². The SMILES string of the molecule is Cc1noc(C(=O)N2CCN(C(=O)c3ccc4[nH]ncc4c3)C[C@@H]2C)c1C. The van der Waals surface area contributed by atoms with E-state index in [1.807, 2.05) is 32.9 Å². The van der Waals surface area contributed by atoms with Gasteiger partial charge in [0.25, 0.3) is 11.8 Å². The molecule has 1 fully saturated rings. The summed E-state index contributed by atoms with van der Waals surface area (Å²) in [6.45, 7) is 6.99. The van der Waals surface area contributed by atoms with Gasteiger partial charge in [-0.25, -0.2) is 0 Å². The highest BCUT2D eigenvalue weighted by Gasteiger charge is 2.33. The van der Waals surface area contributed by atoms with Crippen LogP contribution in [0.4, 0.5) is 0 Å².